The first-order valence-corrected chi connectivity index (χ1v) is 11.8. The van der Waals surface area contributed by atoms with Crippen molar-refractivity contribution >= 4 is 21.8 Å². The number of ether oxygens (including phenoxy) is 1. The summed E-state index contributed by atoms with van der Waals surface area (Å²) >= 11 is 0. The SMILES string of the molecule is C[n+]1[c-]n(-c2[c-]c(Oc3[c-]c4c(cc3)c3ccccc3n4-c3cc(C(C)(C)C)ccn3)ccc2)cn1.[Pt]. The van der Waals surface area contributed by atoms with Gasteiger partial charge in [-0.15, -0.1) is 28.7 Å². The van der Waals surface area contributed by atoms with E-state index in [9.17, 15) is 0 Å². The van der Waals surface area contributed by atoms with Gasteiger partial charge in [0.2, 0.25) is 6.33 Å². The van der Waals surface area contributed by atoms with Crippen molar-refractivity contribution in [2.45, 2.75) is 26.2 Å². The van der Waals surface area contributed by atoms with E-state index >= 15 is 0 Å². The molecule has 0 unspecified atom stereocenters. The van der Waals surface area contributed by atoms with Crippen molar-refractivity contribution in [3.63, 3.8) is 0 Å². The van der Waals surface area contributed by atoms with Crippen LogP contribution in [-0.4, -0.2) is 19.2 Å². The molecule has 3 heterocycles. The van der Waals surface area contributed by atoms with Crippen LogP contribution in [0, 0.1) is 18.5 Å². The smallest absolute Gasteiger partial charge is 0.232 e. The average Bonchev–Trinajstić information content (AvgIpc) is 3.45. The largest absolute Gasteiger partial charge is 0.510 e. The molecule has 0 atom stereocenters. The number of para-hydroxylation sites is 1. The van der Waals surface area contributed by atoms with E-state index in [0.29, 0.717) is 11.5 Å². The van der Waals surface area contributed by atoms with Gasteiger partial charge in [0.1, 0.15) is 12.1 Å². The Balaban J connectivity index is 0.00000280. The van der Waals surface area contributed by atoms with E-state index in [2.05, 4.69) is 91.4 Å². The summed E-state index contributed by atoms with van der Waals surface area (Å²) in [6.45, 7) is 6.63. The van der Waals surface area contributed by atoms with E-state index in [1.54, 1.807) is 15.6 Å². The maximum absolute atomic E-state index is 6.22. The second-order valence-corrected chi connectivity index (χ2v) is 9.82. The number of aryl methyl sites for hydroxylation is 1. The van der Waals surface area contributed by atoms with Gasteiger partial charge in [-0.05, 0) is 34.6 Å². The molecule has 0 aliphatic heterocycles. The van der Waals surface area contributed by atoms with Crippen molar-refractivity contribution in [2.24, 2.45) is 7.05 Å². The fourth-order valence-corrected chi connectivity index (χ4v) is 4.39. The molecule has 6 nitrogen and oxygen atoms in total. The molecule has 0 aliphatic rings. The van der Waals surface area contributed by atoms with Crippen LogP contribution in [0.4, 0.5) is 0 Å². The number of nitrogens with zero attached hydrogens (tertiary/aromatic N) is 5. The summed E-state index contributed by atoms with van der Waals surface area (Å²) in [6, 6.07) is 29.2. The molecule has 6 rings (SSSR count). The average molecular weight is 667 g/mol. The zero-order valence-electron chi connectivity index (χ0n) is 21.0. The van der Waals surface area contributed by atoms with Gasteiger partial charge in [-0.1, -0.05) is 50.2 Å². The fourth-order valence-electron chi connectivity index (χ4n) is 4.39. The molecule has 7 heteroatoms. The van der Waals surface area contributed by atoms with Gasteiger partial charge in [0, 0.05) is 44.3 Å². The number of rotatable bonds is 4. The summed E-state index contributed by atoms with van der Waals surface area (Å²) in [5.41, 5.74) is 4.02. The molecule has 0 saturated heterocycles. The first-order valence-electron chi connectivity index (χ1n) is 11.8. The molecule has 0 spiro atoms. The Kier molecular flexibility index (Phi) is 6.47. The van der Waals surface area contributed by atoms with E-state index < -0.39 is 0 Å². The first-order chi connectivity index (χ1) is 17.4. The van der Waals surface area contributed by atoms with Crippen LogP contribution in [0.5, 0.6) is 11.5 Å². The van der Waals surface area contributed by atoms with Crippen molar-refractivity contribution in [1.29, 1.82) is 0 Å². The maximum atomic E-state index is 6.22. The summed E-state index contributed by atoms with van der Waals surface area (Å²) in [5, 5.41) is 6.41. The molecule has 0 aliphatic carbocycles. The summed E-state index contributed by atoms with van der Waals surface area (Å²) in [6.07, 6.45) is 6.65. The van der Waals surface area contributed by atoms with Crippen molar-refractivity contribution < 1.29 is 30.5 Å². The number of pyridine rings is 1. The summed E-state index contributed by atoms with van der Waals surface area (Å²) in [5.74, 6) is 2.05. The zero-order valence-corrected chi connectivity index (χ0v) is 23.2. The van der Waals surface area contributed by atoms with Gasteiger partial charge in [-0.3, -0.25) is 0 Å². The topological polar surface area (TPSA) is 48.8 Å². The van der Waals surface area contributed by atoms with Crippen LogP contribution in [0.1, 0.15) is 26.3 Å². The quantitative estimate of drug-likeness (QED) is 0.180. The molecule has 0 amide bonds. The van der Waals surface area contributed by atoms with Gasteiger partial charge < -0.3 is 13.9 Å². The van der Waals surface area contributed by atoms with Gasteiger partial charge >= 0.3 is 0 Å². The Hall–Kier alpha value is -3.76. The maximum Gasteiger partial charge on any atom is 0.232 e. The van der Waals surface area contributed by atoms with Crippen LogP contribution >= 0.6 is 0 Å². The van der Waals surface area contributed by atoms with E-state index in [0.717, 1.165) is 33.3 Å². The van der Waals surface area contributed by atoms with Crippen molar-refractivity contribution in [2.75, 3.05) is 0 Å². The Morgan fingerprint density at radius 2 is 1.70 bits per heavy atom. The Bertz CT molecular complexity index is 1730. The molecular formula is C30H25N5OPt-2. The second kappa shape index (κ2) is 9.60. The van der Waals surface area contributed by atoms with E-state index in [4.69, 9.17) is 9.72 Å². The predicted molar refractivity (Wildman–Crippen MR) is 139 cm³/mol. The first kappa shape index (κ1) is 24.9. The number of hydrogen-bond donors (Lipinski definition) is 0. The van der Waals surface area contributed by atoms with Crippen molar-refractivity contribution in [1.82, 2.24) is 19.2 Å². The van der Waals surface area contributed by atoms with Crippen LogP contribution in [-0.2, 0) is 33.5 Å². The van der Waals surface area contributed by atoms with Gasteiger partial charge in [0.25, 0.3) is 0 Å². The van der Waals surface area contributed by atoms with Crippen LogP contribution in [0.15, 0.2) is 79.3 Å². The van der Waals surface area contributed by atoms with Gasteiger partial charge in [-0.2, -0.15) is 24.3 Å². The minimum Gasteiger partial charge on any atom is -0.510 e. The van der Waals surface area contributed by atoms with E-state index in [-0.39, 0.29) is 26.5 Å². The van der Waals surface area contributed by atoms with E-state index in [1.165, 1.54) is 5.56 Å². The molecule has 0 fully saturated rings. The van der Waals surface area contributed by atoms with Crippen LogP contribution < -0.4 is 9.42 Å². The molecule has 0 bridgehead atoms. The molecule has 37 heavy (non-hydrogen) atoms. The van der Waals surface area contributed by atoms with Crippen LogP contribution in [0.25, 0.3) is 33.3 Å². The molecule has 188 valence electrons. The summed E-state index contributed by atoms with van der Waals surface area (Å²) in [7, 11) is 1.83. The monoisotopic (exact) mass is 666 g/mol. The third-order valence-corrected chi connectivity index (χ3v) is 6.22. The molecule has 0 radical (unpaired) electrons. The molecule has 0 N–H and O–H groups in total. The minimum absolute atomic E-state index is 0. The number of hydrogen-bond acceptors (Lipinski definition) is 3. The van der Waals surface area contributed by atoms with Crippen molar-refractivity contribution in [3.8, 4) is 23.0 Å². The molecule has 3 aromatic carbocycles. The Labute approximate surface area is 230 Å². The second-order valence-electron chi connectivity index (χ2n) is 9.82. The van der Waals surface area contributed by atoms with E-state index in [1.807, 2.05) is 37.5 Å². The summed E-state index contributed by atoms with van der Waals surface area (Å²) in [4.78, 5) is 4.74. The number of fused-ring (bicyclic) bond motifs is 3. The molecule has 0 saturated carbocycles. The third-order valence-electron chi connectivity index (χ3n) is 6.22. The number of aromatic nitrogens is 5. The molecule has 3 aromatic heterocycles. The molecular weight excluding hydrogens is 641 g/mol. The normalized spacial score (nSPS) is 11.6. The summed E-state index contributed by atoms with van der Waals surface area (Å²) < 4.78 is 11.8. The third kappa shape index (κ3) is 4.69. The Morgan fingerprint density at radius 3 is 2.49 bits per heavy atom. The van der Waals surface area contributed by atoms with Gasteiger partial charge in [0.15, 0.2) is 0 Å². The van der Waals surface area contributed by atoms with Crippen molar-refractivity contribution in [3.05, 3.63) is 103 Å². The zero-order chi connectivity index (χ0) is 24.9. The fraction of sp³-hybridized carbons (Fsp3) is 0.167. The molecule has 6 aromatic rings. The van der Waals surface area contributed by atoms with Crippen LogP contribution in [0.3, 0.4) is 0 Å². The standard InChI is InChI=1S/C30H25N5O.Pt/c1-30(2,3)21-14-15-31-29(16-21)35-27-11-6-5-10-25(27)26-13-12-24(18-28(26)35)36-23-9-7-8-22(17-23)34-19-32-33(4)20-34;/h5-16,19H,1-4H3;/q-2;. The van der Waals surface area contributed by atoms with Gasteiger partial charge in [-0.25, -0.2) is 9.67 Å². The van der Waals surface area contributed by atoms with Crippen LogP contribution in [0.2, 0.25) is 0 Å². The minimum atomic E-state index is 0. The predicted octanol–water partition coefficient (Wildman–Crippen LogP) is 5.68. The number of benzene rings is 3. The van der Waals surface area contributed by atoms with Gasteiger partial charge in [0.05, 0.1) is 7.05 Å². The Morgan fingerprint density at radius 1 is 0.892 bits per heavy atom.